The predicted octanol–water partition coefficient (Wildman–Crippen LogP) is 4.01. The summed E-state index contributed by atoms with van der Waals surface area (Å²) in [4.78, 5) is 30.0. The van der Waals surface area contributed by atoms with Gasteiger partial charge < -0.3 is 14.2 Å². The van der Waals surface area contributed by atoms with Gasteiger partial charge in [-0.15, -0.1) is 0 Å². The van der Waals surface area contributed by atoms with Crippen LogP contribution in [-0.4, -0.2) is 42.8 Å². The molecular weight excluding hydrogens is 394 g/mol. The first-order chi connectivity index (χ1) is 14.0. The third kappa shape index (κ3) is 6.02. The minimum Gasteiger partial charge on any atom is -0.465 e. The summed E-state index contributed by atoms with van der Waals surface area (Å²) in [5.74, 6) is -3.12. The molecule has 0 saturated carbocycles. The molecule has 2 aromatic rings. The van der Waals surface area contributed by atoms with Gasteiger partial charge in [-0.3, -0.25) is 14.6 Å². The lowest BCUT2D eigenvalue weighted by atomic mass is 9.82. The van der Waals surface area contributed by atoms with E-state index in [1.807, 2.05) is 24.3 Å². The summed E-state index contributed by atoms with van der Waals surface area (Å²) in [6.07, 6.45) is 0.791. The Morgan fingerprint density at radius 1 is 0.931 bits per heavy atom. The smallest absolute Gasteiger partial charge is 0.323 e. The van der Waals surface area contributed by atoms with Crippen molar-refractivity contribution in [1.82, 2.24) is 4.98 Å². The lowest BCUT2D eigenvalue weighted by Crippen LogP contribution is -2.43. The maximum Gasteiger partial charge on any atom is 0.323 e. The second-order valence-electron chi connectivity index (χ2n) is 6.19. The summed E-state index contributed by atoms with van der Waals surface area (Å²) in [5, 5.41) is 0.578. The molecule has 0 saturated heterocycles. The monoisotopic (exact) mass is 419 g/mol. The van der Waals surface area contributed by atoms with E-state index in [2.05, 4.69) is 4.98 Å². The van der Waals surface area contributed by atoms with Crippen LogP contribution in [0, 0.1) is 5.92 Å². The first kappa shape index (κ1) is 22.8. The van der Waals surface area contributed by atoms with Crippen LogP contribution in [0.2, 0.25) is 5.02 Å². The number of hydrogen-bond donors (Lipinski definition) is 0. The first-order valence-corrected chi connectivity index (χ1v) is 10.0. The van der Waals surface area contributed by atoms with Crippen molar-refractivity contribution >= 4 is 23.5 Å². The van der Waals surface area contributed by atoms with Crippen LogP contribution in [0.25, 0.3) is 0 Å². The minimum atomic E-state index is -1.25. The van der Waals surface area contributed by atoms with Crippen LogP contribution in [0.1, 0.15) is 37.9 Å². The number of benzene rings is 1. The van der Waals surface area contributed by atoms with Gasteiger partial charge in [-0.2, -0.15) is 0 Å². The van der Waals surface area contributed by atoms with Crippen LogP contribution in [0.3, 0.4) is 0 Å². The summed E-state index contributed by atoms with van der Waals surface area (Å²) in [7, 11) is 0. The Bertz CT molecular complexity index is 764. The highest BCUT2D eigenvalue weighted by molar-refractivity contribution is 6.30. The second-order valence-corrected chi connectivity index (χ2v) is 6.62. The quantitative estimate of drug-likeness (QED) is 0.427. The number of carbonyl (C=O) groups is 2. The Kier molecular flexibility index (Phi) is 9.09. The lowest BCUT2D eigenvalue weighted by molar-refractivity contribution is -0.169. The predicted molar refractivity (Wildman–Crippen MR) is 110 cm³/mol. The summed E-state index contributed by atoms with van der Waals surface area (Å²) in [6.45, 7) is 5.75. The molecule has 2 rings (SSSR count). The number of carbonyl (C=O) groups excluding carboxylic acids is 2. The highest BCUT2D eigenvalue weighted by atomic mass is 35.5. The molecule has 0 aliphatic carbocycles. The Morgan fingerprint density at radius 2 is 1.55 bits per heavy atom. The maximum atomic E-state index is 12.8. The number of aromatic nitrogens is 1. The Hall–Kier alpha value is -2.44. The van der Waals surface area contributed by atoms with E-state index in [0.29, 0.717) is 10.7 Å². The molecule has 0 amide bonds. The third-order valence-electron chi connectivity index (χ3n) is 4.33. The van der Waals surface area contributed by atoms with E-state index in [1.54, 1.807) is 45.2 Å². The highest BCUT2D eigenvalue weighted by Crippen LogP contribution is 2.34. The molecule has 0 bridgehead atoms. The molecule has 0 spiro atoms. The number of hydrogen-bond acceptors (Lipinski definition) is 6. The molecule has 156 valence electrons. The lowest BCUT2D eigenvalue weighted by Gasteiger charge is -2.31. The maximum absolute atomic E-state index is 12.8. The standard InChI is InChI=1S/C22H26ClNO5/c1-4-27-20(19(21(25)28-5-2)22(26)29-6-3)18(17-9-7-8-14-24-17)15-10-12-16(23)13-11-15/h7-14,18-20H,4-6H2,1-3H3. The van der Waals surface area contributed by atoms with Crippen LogP contribution >= 0.6 is 11.6 Å². The summed E-state index contributed by atoms with van der Waals surface area (Å²) in [5.41, 5.74) is 1.47. The van der Waals surface area contributed by atoms with Gasteiger partial charge in [0.2, 0.25) is 0 Å². The fraction of sp³-hybridized carbons (Fsp3) is 0.409. The van der Waals surface area contributed by atoms with Gasteiger partial charge in [0, 0.05) is 17.8 Å². The van der Waals surface area contributed by atoms with Gasteiger partial charge in [-0.25, -0.2) is 0 Å². The van der Waals surface area contributed by atoms with Crippen LogP contribution in [0.15, 0.2) is 48.7 Å². The molecule has 0 aliphatic heterocycles. The Morgan fingerprint density at radius 3 is 2.03 bits per heavy atom. The SMILES string of the molecule is CCOC(=O)C(C(=O)OCC)C(OCC)C(c1ccc(Cl)cc1)c1ccccn1. The minimum absolute atomic E-state index is 0.142. The fourth-order valence-electron chi connectivity index (χ4n) is 3.16. The van der Waals surface area contributed by atoms with Crippen LogP contribution in [-0.2, 0) is 23.8 Å². The van der Waals surface area contributed by atoms with E-state index in [-0.39, 0.29) is 19.8 Å². The summed E-state index contributed by atoms with van der Waals surface area (Å²) < 4.78 is 16.3. The third-order valence-corrected chi connectivity index (χ3v) is 4.58. The highest BCUT2D eigenvalue weighted by Gasteiger charge is 2.44. The number of esters is 2. The number of rotatable bonds is 10. The molecule has 7 heteroatoms. The van der Waals surface area contributed by atoms with Gasteiger partial charge in [-0.05, 0) is 50.6 Å². The van der Waals surface area contributed by atoms with E-state index in [9.17, 15) is 9.59 Å². The van der Waals surface area contributed by atoms with Crippen molar-refractivity contribution in [3.8, 4) is 0 Å². The van der Waals surface area contributed by atoms with Crippen molar-refractivity contribution in [3.63, 3.8) is 0 Å². The Balaban J connectivity index is 2.60. The summed E-state index contributed by atoms with van der Waals surface area (Å²) >= 11 is 6.05. The van der Waals surface area contributed by atoms with Gasteiger partial charge in [0.1, 0.15) is 0 Å². The van der Waals surface area contributed by atoms with Gasteiger partial charge in [0.25, 0.3) is 0 Å². The average molecular weight is 420 g/mol. The number of nitrogens with zero attached hydrogens (tertiary/aromatic N) is 1. The van der Waals surface area contributed by atoms with Crippen LogP contribution in [0.4, 0.5) is 0 Å². The zero-order valence-corrected chi connectivity index (χ0v) is 17.6. The van der Waals surface area contributed by atoms with Gasteiger partial charge in [0.15, 0.2) is 5.92 Å². The van der Waals surface area contributed by atoms with E-state index >= 15 is 0 Å². The van der Waals surface area contributed by atoms with Gasteiger partial charge in [-0.1, -0.05) is 29.8 Å². The molecule has 1 heterocycles. The molecule has 1 aromatic carbocycles. The number of halogens is 1. The molecule has 1 aromatic heterocycles. The zero-order valence-electron chi connectivity index (χ0n) is 16.8. The van der Waals surface area contributed by atoms with Crippen molar-refractivity contribution in [2.75, 3.05) is 19.8 Å². The topological polar surface area (TPSA) is 74.7 Å². The van der Waals surface area contributed by atoms with E-state index in [1.165, 1.54) is 0 Å². The molecule has 0 radical (unpaired) electrons. The van der Waals surface area contributed by atoms with E-state index < -0.39 is 29.9 Å². The summed E-state index contributed by atoms with van der Waals surface area (Å²) in [6, 6.07) is 12.6. The van der Waals surface area contributed by atoms with Crippen LogP contribution in [0.5, 0.6) is 0 Å². The van der Waals surface area contributed by atoms with Gasteiger partial charge in [0.05, 0.1) is 30.9 Å². The average Bonchev–Trinajstić information content (AvgIpc) is 2.71. The largest absolute Gasteiger partial charge is 0.465 e. The molecular formula is C22H26ClNO5. The number of ether oxygens (including phenoxy) is 3. The van der Waals surface area contributed by atoms with Crippen molar-refractivity contribution in [1.29, 1.82) is 0 Å². The normalized spacial score (nSPS) is 13.0. The van der Waals surface area contributed by atoms with Crippen LogP contribution < -0.4 is 0 Å². The molecule has 6 nitrogen and oxygen atoms in total. The second kappa shape index (κ2) is 11.5. The van der Waals surface area contributed by atoms with E-state index in [4.69, 9.17) is 25.8 Å². The van der Waals surface area contributed by atoms with E-state index in [0.717, 1.165) is 5.56 Å². The zero-order chi connectivity index (χ0) is 21.2. The first-order valence-electron chi connectivity index (χ1n) is 9.64. The molecule has 0 N–H and O–H groups in total. The number of pyridine rings is 1. The molecule has 0 aliphatic rings. The van der Waals surface area contributed by atoms with Crippen molar-refractivity contribution in [2.24, 2.45) is 5.92 Å². The molecule has 29 heavy (non-hydrogen) atoms. The Labute approximate surface area is 176 Å². The van der Waals surface area contributed by atoms with Crippen molar-refractivity contribution < 1.29 is 23.8 Å². The van der Waals surface area contributed by atoms with Crippen molar-refractivity contribution in [3.05, 3.63) is 64.9 Å². The molecule has 0 fully saturated rings. The molecule has 2 atom stereocenters. The fourth-order valence-corrected chi connectivity index (χ4v) is 3.29. The van der Waals surface area contributed by atoms with Gasteiger partial charge >= 0.3 is 11.9 Å². The van der Waals surface area contributed by atoms with Crippen molar-refractivity contribution in [2.45, 2.75) is 32.8 Å². The molecule has 2 unspecified atom stereocenters.